The molecule has 0 bridgehead atoms. The van der Waals surface area contributed by atoms with Crippen molar-refractivity contribution in [3.63, 3.8) is 0 Å². The Bertz CT molecular complexity index is 753. The van der Waals surface area contributed by atoms with Gasteiger partial charge in [-0.15, -0.1) is 0 Å². The first kappa shape index (κ1) is 21.5. The molecule has 2 fully saturated rings. The largest absolute Gasteiger partial charge is 0.473 e. The minimum Gasteiger partial charge on any atom is -0.473 e. The Morgan fingerprint density at radius 3 is 2.14 bits per heavy atom. The maximum Gasteiger partial charge on any atom is 0.235 e. The molecular formula is C20H33N3O4S. The molecule has 158 valence electrons. The first-order valence-electron chi connectivity index (χ1n) is 10.3. The normalized spacial score (nSPS) is 25.2. The number of nitrogens with zero attached hydrogens (tertiary/aromatic N) is 3. The van der Waals surface area contributed by atoms with Crippen LogP contribution >= 0.6 is 0 Å². The van der Waals surface area contributed by atoms with Crippen molar-refractivity contribution >= 4 is 9.84 Å². The number of likely N-dealkylation sites (tertiary alicyclic amines) is 1. The molecule has 1 aliphatic carbocycles. The van der Waals surface area contributed by atoms with E-state index in [1.807, 2.05) is 0 Å². The molecule has 0 aromatic carbocycles. The molecule has 0 amide bonds. The summed E-state index contributed by atoms with van der Waals surface area (Å²) in [5.74, 6) is 0.429. The van der Waals surface area contributed by atoms with Crippen molar-refractivity contribution in [2.75, 3.05) is 19.3 Å². The zero-order valence-electron chi connectivity index (χ0n) is 17.4. The topological polar surface area (TPSA) is 81.6 Å². The van der Waals surface area contributed by atoms with Gasteiger partial charge in [0.1, 0.15) is 11.8 Å². The monoisotopic (exact) mass is 411 g/mol. The highest BCUT2D eigenvalue weighted by molar-refractivity contribution is 7.90. The molecule has 1 aromatic heterocycles. The van der Waals surface area contributed by atoms with E-state index in [0.29, 0.717) is 29.8 Å². The fourth-order valence-electron chi connectivity index (χ4n) is 3.99. The zero-order chi connectivity index (χ0) is 20.3. The number of rotatable bonds is 6. The summed E-state index contributed by atoms with van der Waals surface area (Å²) in [6.45, 7) is 8.49. The lowest BCUT2D eigenvalue weighted by Gasteiger charge is -2.37. The molecule has 1 aromatic rings. The van der Waals surface area contributed by atoms with E-state index in [4.69, 9.17) is 9.47 Å². The van der Waals surface area contributed by atoms with Crippen LogP contribution in [0.3, 0.4) is 0 Å². The quantitative estimate of drug-likeness (QED) is 0.712. The number of hydrogen-bond acceptors (Lipinski definition) is 7. The van der Waals surface area contributed by atoms with Gasteiger partial charge in [0.05, 0.1) is 18.4 Å². The van der Waals surface area contributed by atoms with Gasteiger partial charge >= 0.3 is 0 Å². The standard InChI is InChI=1S/C20H33N3O4S/c1-14(2)23-11-9-18(10-12-23)26-16-5-7-17(8-6-16)27-20-15(3)22-19(13-21-20)28(4,24)25/h13-14,16-18H,5-12H2,1-4H3. The van der Waals surface area contributed by atoms with Gasteiger partial charge in [-0.25, -0.2) is 18.4 Å². The van der Waals surface area contributed by atoms with Crippen molar-refractivity contribution in [3.8, 4) is 5.88 Å². The Morgan fingerprint density at radius 2 is 1.61 bits per heavy atom. The second kappa shape index (κ2) is 9.05. The number of hydrogen-bond donors (Lipinski definition) is 0. The molecule has 0 spiro atoms. The molecule has 0 atom stereocenters. The van der Waals surface area contributed by atoms with Crippen molar-refractivity contribution in [1.29, 1.82) is 0 Å². The lowest BCUT2D eigenvalue weighted by molar-refractivity contribution is -0.0690. The summed E-state index contributed by atoms with van der Waals surface area (Å²) in [4.78, 5) is 10.8. The van der Waals surface area contributed by atoms with Gasteiger partial charge in [0.15, 0.2) is 14.9 Å². The third-order valence-corrected chi connectivity index (χ3v) is 6.71. The van der Waals surface area contributed by atoms with Gasteiger partial charge in [-0.3, -0.25) is 0 Å². The van der Waals surface area contributed by atoms with E-state index in [1.165, 1.54) is 6.20 Å². The fraction of sp³-hybridized carbons (Fsp3) is 0.800. The predicted octanol–water partition coefficient (Wildman–Crippen LogP) is 2.77. The van der Waals surface area contributed by atoms with Crippen LogP contribution < -0.4 is 4.74 Å². The van der Waals surface area contributed by atoms with Crippen LogP contribution in [0.4, 0.5) is 0 Å². The molecule has 0 N–H and O–H groups in total. The van der Waals surface area contributed by atoms with Crippen LogP contribution in [0.2, 0.25) is 0 Å². The summed E-state index contributed by atoms with van der Waals surface area (Å²) in [5.41, 5.74) is 0.512. The van der Waals surface area contributed by atoms with Gasteiger partial charge in [0, 0.05) is 25.4 Å². The zero-order valence-corrected chi connectivity index (χ0v) is 18.2. The number of aromatic nitrogens is 2. The SMILES string of the molecule is Cc1nc(S(C)(=O)=O)cnc1OC1CCC(OC2CCN(C(C)C)CC2)CC1. The lowest BCUT2D eigenvalue weighted by atomic mass is 9.94. The second-order valence-electron chi connectivity index (χ2n) is 8.35. The third kappa shape index (κ3) is 5.64. The van der Waals surface area contributed by atoms with Gasteiger partial charge in [-0.2, -0.15) is 0 Å². The van der Waals surface area contributed by atoms with Crippen LogP contribution in [0.5, 0.6) is 5.88 Å². The molecule has 8 heteroatoms. The van der Waals surface area contributed by atoms with Gasteiger partial charge in [0.2, 0.25) is 5.88 Å². The smallest absolute Gasteiger partial charge is 0.235 e. The molecular weight excluding hydrogens is 378 g/mol. The number of aryl methyl sites for hydroxylation is 1. The van der Waals surface area contributed by atoms with E-state index < -0.39 is 9.84 Å². The van der Waals surface area contributed by atoms with Crippen LogP contribution in [0.25, 0.3) is 0 Å². The van der Waals surface area contributed by atoms with E-state index >= 15 is 0 Å². The van der Waals surface area contributed by atoms with E-state index in [0.717, 1.165) is 57.9 Å². The predicted molar refractivity (Wildman–Crippen MR) is 107 cm³/mol. The maximum atomic E-state index is 11.6. The number of ether oxygens (including phenoxy) is 2. The van der Waals surface area contributed by atoms with Crippen molar-refractivity contribution in [1.82, 2.24) is 14.9 Å². The second-order valence-corrected chi connectivity index (χ2v) is 10.3. The van der Waals surface area contributed by atoms with Gasteiger partial charge in [-0.05, 0) is 59.3 Å². The molecule has 3 rings (SSSR count). The Hall–Kier alpha value is -1.25. The van der Waals surface area contributed by atoms with Gasteiger partial charge in [-0.1, -0.05) is 0 Å². The molecule has 7 nitrogen and oxygen atoms in total. The molecule has 1 saturated heterocycles. The minimum atomic E-state index is -3.35. The Kier molecular flexibility index (Phi) is 6.94. The average molecular weight is 412 g/mol. The number of sulfone groups is 1. The molecule has 0 radical (unpaired) electrons. The summed E-state index contributed by atoms with van der Waals surface area (Å²) in [6, 6.07) is 0.617. The molecule has 2 aliphatic rings. The van der Waals surface area contributed by atoms with Gasteiger partial charge < -0.3 is 14.4 Å². The summed E-state index contributed by atoms with van der Waals surface area (Å²) < 4.78 is 35.5. The Balaban J connectivity index is 1.45. The summed E-state index contributed by atoms with van der Waals surface area (Å²) in [7, 11) is -3.35. The highest BCUT2D eigenvalue weighted by Gasteiger charge is 2.28. The van der Waals surface area contributed by atoms with Crippen LogP contribution in [0.15, 0.2) is 11.2 Å². The summed E-state index contributed by atoms with van der Waals surface area (Å²) in [6.07, 6.45) is 9.25. The first-order chi connectivity index (χ1) is 13.2. The minimum absolute atomic E-state index is 0.0158. The molecule has 2 heterocycles. The van der Waals surface area contributed by atoms with Crippen molar-refractivity contribution < 1.29 is 17.9 Å². The lowest BCUT2D eigenvalue weighted by Crippen LogP contribution is -2.42. The molecule has 28 heavy (non-hydrogen) atoms. The number of piperidine rings is 1. The first-order valence-corrected chi connectivity index (χ1v) is 12.2. The van der Waals surface area contributed by atoms with Gasteiger partial charge in [0.25, 0.3) is 0 Å². The third-order valence-electron chi connectivity index (χ3n) is 5.75. The Morgan fingerprint density at radius 1 is 1.04 bits per heavy atom. The molecule has 1 aliphatic heterocycles. The fourth-order valence-corrected chi connectivity index (χ4v) is 4.53. The van der Waals surface area contributed by atoms with Crippen LogP contribution in [-0.4, -0.2) is 67.0 Å². The van der Waals surface area contributed by atoms with Crippen LogP contribution in [0, 0.1) is 6.92 Å². The van der Waals surface area contributed by atoms with E-state index in [-0.39, 0.29) is 11.1 Å². The maximum absolute atomic E-state index is 11.6. The highest BCUT2D eigenvalue weighted by Crippen LogP contribution is 2.28. The highest BCUT2D eigenvalue weighted by atomic mass is 32.2. The van der Waals surface area contributed by atoms with Crippen LogP contribution in [-0.2, 0) is 14.6 Å². The van der Waals surface area contributed by atoms with E-state index in [9.17, 15) is 8.42 Å². The van der Waals surface area contributed by atoms with E-state index in [1.54, 1.807) is 6.92 Å². The molecule has 0 unspecified atom stereocenters. The Labute approximate surface area is 168 Å². The van der Waals surface area contributed by atoms with Crippen molar-refractivity contribution in [2.24, 2.45) is 0 Å². The molecule has 1 saturated carbocycles. The van der Waals surface area contributed by atoms with Crippen molar-refractivity contribution in [2.45, 2.75) is 88.7 Å². The summed E-state index contributed by atoms with van der Waals surface area (Å²) in [5, 5.41) is -0.0158. The van der Waals surface area contributed by atoms with Crippen molar-refractivity contribution in [3.05, 3.63) is 11.9 Å². The average Bonchev–Trinajstić information content (AvgIpc) is 2.64. The van der Waals surface area contributed by atoms with E-state index in [2.05, 4.69) is 28.7 Å². The summed E-state index contributed by atoms with van der Waals surface area (Å²) >= 11 is 0. The van der Waals surface area contributed by atoms with Crippen LogP contribution in [0.1, 0.15) is 58.1 Å².